The van der Waals surface area contributed by atoms with Crippen molar-refractivity contribution in [3.63, 3.8) is 0 Å². The molecule has 0 fully saturated rings. The predicted molar refractivity (Wildman–Crippen MR) is 20.2 cm³/mol. The van der Waals surface area contributed by atoms with Crippen LogP contribution in [-0.4, -0.2) is 34.9 Å². The molecule has 0 rings (SSSR count). The van der Waals surface area contributed by atoms with Gasteiger partial charge in [-0.1, -0.05) is 0 Å². The van der Waals surface area contributed by atoms with Crippen molar-refractivity contribution in [1.82, 2.24) is 0 Å². The summed E-state index contributed by atoms with van der Waals surface area (Å²) in [7, 11) is 0. The maximum Gasteiger partial charge on any atom is 2.00 e. The molecule has 0 aliphatic heterocycles. The SMILES string of the molecule is Cl.O.O.[Sn+2]. The third-order valence-electron chi connectivity index (χ3n) is 0. The first kappa shape index (κ1) is 79.1. The van der Waals surface area contributed by atoms with Crippen molar-refractivity contribution in [2.75, 3.05) is 0 Å². The Labute approximate surface area is 47.6 Å². The van der Waals surface area contributed by atoms with Crippen LogP contribution < -0.4 is 0 Å². The third kappa shape index (κ3) is 11.9. The van der Waals surface area contributed by atoms with Crippen LogP contribution in [0.1, 0.15) is 0 Å². The topological polar surface area (TPSA) is 63.0 Å². The number of hydrogen-bond donors (Lipinski definition) is 0. The summed E-state index contributed by atoms with van der Waals surface area (Å²) in [6.45, 7) is 0. The predicted octanol–water partition coefficient (Wildman–Crippen LogP) is -1.61. The molecule has 0 unspecified atom stereocenters. The Morgan fingerprint density at radius 3 is 0.750 bits per heavy atom. The molecule has 0 aromatic heterocycles. The molecule has 26 valence electrons. The zero-order chi connectivity index (χ0) is 0. The number of halogens is 1. The van der Waals surface area contributed by atoms with Gasteiger partial charge in [-0.15, -0.1) is 12.4 Å². The van der Waals surface area contributed by atoms with Crippen LogP contribution in [-0.2, 0) is 0 Å². The molecule has 0 heterocycles. The van der Waals surface area contributed by atoms with Crippen molar-refractivity contribution in [2.45, 2.75) is 0 Å². The van der Waals surface area contributed by atoms with Crippen molar-refractivity contribution in [3.8, 4) is 0 Å². The minimum Gasteiger partial charge on any atom is -0.412 e. The first-order chi connectivity index (χ1) is 0. The third-order valence-corrected chi connectivity index (χ3v) is 0. The average molecular weight is 191 g/mol. The molecule has 0 bridgehead atoms. The molecule has 4 N–H and O–H groups in total. The van der Waals surface area contributed by atoms with E-state index in [4.69, 9.17) is 0 Å². The summed E-state index contributed by atoms with van der Waals surface area (Å²) in [6.07, 6.45) is 0. The van der Waals surface area contributed by atoms with Gasteiger partial charge in [0, 0.05) is 0 Å². The van der Waals surface area contributed by atoms with Crippen LogP contribution in [0.5, 0.6) is 0 Å². The smallest absolute Gasteiger partial charge is 0.412 e. The van der Waals surface area contributed by atoms with E-state index in [1.54, 1.807) is 0 Å². The molecule has 0 aromatic carbocycles. The first-order valence-corrected chi connectivity index (χ1v) is 0. The molecule has 0 atom stereocenters. The van der Waals surface area contributed by atoms with Crippen LogP contribution in [0, 0.1) is 0 Å². The molecule has 0 saturated carbocycles. The summed E-state index contributed by atoms with van der Waals surface area (Å²) in [5.41, 5.74) is 0. The van der Waals surface area contributed by atoms with Crippen molar-refractivity contribution < 1.29 is 11.0 Å². The van der Waals surface area contributed by atoms with Crippen molar-refractivity contribution in [2.24, 2.45) is 0 Å². The monoisotopic (exact) mass is 192 g/mol. The molecule has 0 aliphatic rings. The molecule has 0 spiro atoms. The normalized spacial score (nSPS) is 0. The van der Waals surface area contributed by atoms with E-state index in [1.165, 1.54) is 0 Å². The van der Waals surface area contributed by atoms with Gasteiger partial charge in [-0.25, -0.2) is 0 Å². The van der Waals surface area contributed by atoms with Gasteiger partial charge in [0.2, 0.25) is 0 Å². The molecule has 4 heteroatoms. The Hall–Kier alpha value is 1.01. The van der Waals surface area contributed by atoms with E-state index in [9.17, 15) is 0 Å². The van der Waals surface area contributed by atoms with Crippen LogP contribution in [0.25, 0.3) is 0 Å². The minimum absolute atomic E-state index is 0. The fourth-order valence-corrected chi connectivity index (χ4v) is 0. The van der Waals surface area contributed by atoms with E-state index >= 15 is 0 Å². The Morgan fingerprint density at radius 1 is 0.750 bits per heavy atom. The molecule has 0 aromatic rings. The molecule has 4 heavy (non-hydrogen) atoms. The quantitative estimate of drug-likeness (QED) is 0.414. The van der Waals surface area contributed by atoms with Gasteiger partial charge in [-0.2, -0.15) is 0 Å². The Bertz CT molecular complexity index is 6.00. The van der Waals surface area contributed by atoms with Gasteiger partial charge in [0.25, 0.3) is 0 Å². The van der Waals surface area contributed by atoms with E-state index in [0.29, 0.717) is 0 Å². The van der Waals surface area contributed by atoms with Gasteiger partial charge >= 0.3 is 23.9 Å². The fraction of sp³-hybridized carbons (Fsp3) is 0. The van der Waals surface area contributed by atoms with Gasteiger partial charge in [0.15, 0.2) is 0 Å². The molecular formula is H5ClO2Sn+2. The second-order valence-corrected chi connectivity index (χ2v) is 0. The van der Waals surface area contributed by atoms with E-state index in [-0.39, 0.29) is 47.3 Å². The largest absolute Gasteiger partial charge is 2.00 e. The molecule has 0 aliphatic carbocycles. The maximum absolute atomic E-state index is 0. The van der Waals surface area contributed by atoms with Gasteiger partial charge < -0.3 is 11.0 Å². The molecule has 2 nitrogen and oxygen atoms in total. The molecule has 2 radical (unpaired) electrons. The van der Waals surface area contributed by atoms with Crippen molar-refractivity contribution in [3.05, 3.63) is 0 Å². The van der Waals surface area contributed by atoms with E-state index in [1.807, 2.05) is 0 Å². The van der Waals surface area contributed by atoms with Gasteiger partial charge in [0.05, 0.1) is 0 Å². The van der Waals surface area contributed by atoms with Crippen molar-refractivity contribution in [1.29, 1.82) is 0 Å². The molecule has 0 saturated heterocycles. The zero-order valence-electron chi connectivity index (χ0n) is 1.91. The minimum atomic E-state index is 0. The maximum atomic E-state index is 0. The van der Waals surface area contributed by atoms with Crippen LogP contribution in [0.15, 0.2) is 0 Å². The average Bonchev–Trinajstić information content (AvgIpc) is 0. The van der Waals surface area contributed by atoms with Crippen LogP contribution >= 0.6 is 12.4 Å². The summed E-state index contributed by atoms with van der Waals surface area (Å²) in [5.74, 6) is 0. The Morgan fingerprint density at radius 2 is 0.750 bits per heavy atom. The number of rotatable bonds is 0. The van der Waals surface area contributed by atoms with E-state index < -0.39 is 0 Å². The second-order valence-electron chi connectivity index (χ2n) is 0. The van der Waals surface area contributed by atoms with Gasteiger partial charge in [-0.05, 0) is 0 Å². The molecule has 0 amide bonds. The number of hydrogen-bond acceptors (Lipinski definition) is 0. The van der Waals surface area contributed by atoms with E-state index in [0.717, 1.165) is 0 Å². The van der Waals surface area contributed by atoms with Crippen LogP contribution in [0.2, 0.25) is 0 Å². The second kappa shape index (κ2) is 35.7. The summed E-state index contributed by atoms with van der Waals surface area (Å²) in [5, 5.41) is 0. The van der Waals surface area contributed by atoms with Gasteiger partial charge in [0.1, 0.15) is 0 Å². The summed E-state index contributed by atoms with van der Waals surface area (Å²) >= 11 is 0. The summed E-state index contributed by atoms with van der Waals surface area (Å²) < 4.78 is 0. The van der Waals surface area contributed by atoms with Gasteiger partial charge in [-0.3, -0.25) is 0 Å². The van der Waals surface area contributed by atoms with E-state index in [2.05, 4.69) is 0 Å². The standard InChI is InChI=1S/ClH.2H2O.Sn/h1H;2*1H2;/q;;;+2. The first-order valence-electron chi connectivity index (χ1n) is 0. The van der Waals surface area contributed by atoms with Crippen LogP contribution in [0.3, 0.4) is 0 Å². The Kier molecular flexibility index (Phi) is 705. The Balaban J connectivity index is 0. The van der Waals surface area contributed by atoms with Crippen molar-refractivity contribution >= 4 is 36.3 Å². The zero-order valence-corrected chi connectivity index (χ0v) is 5.58. The summed E-state index contributed by atoms with van der Waals surface area (Å²) in [4.78, 5) is 0. The van der Waals surface area contributed by atoms with Crippen LogP contribution in [0.4, 0.5) is 0 Å². The molecular weight excluding hydrogens is 186 g/mol. The fourth-order valence-electron chi connectivity index (χ4n) is 0. The summed E-state index contributed by atoms with van der Waals surface area (Å²) in [6, 6.07) is 0.